The molecule has 1 fully saturated rings. The highest BCUT2D eigenvalue weighted by Gasteiger charge is 2.20. The van der Waals surface area contributed by atoms with Crippen molar-refractivity contribution in [3.63, 3.8) is 0 Å². The average Bonchev–Trinajstić information content (AvgIpc) is 2.82. The number of nitrogens with zero attached hydrogens (tertiary/aromatic N) is 3. The van der Waals surface area contributed by atoms with Gasteiger partial charge in [0.25, 0.3) is 0 Å². The second-order valence-electron chi connectivity index (χ2n) is 8.14. The van der Waals surface area contributed by atoms with E-state index in [0.717, 1.165) is 67.2 Å². The van der Waals surface area contributed by atoms with Crippen LogP contribution in [0.15, 0.2) is 48.7 Å². The first-order chi connectivity index (χ1) is 15.5. The Balaban J connectivity index is 1.27. The lowest BCUT2D eigenvalue weighted by atomic mass is 10.0. The third kappa shape index (κ3) is 5.20. The lowest BCUT2D eigenvalue weighted by Crippen LogP contribution is -2.42. The molecule has 7 nitrogen and oxygen atoms in total. The maximum absolute atomic E-state index is 13.5. The Labute approximate surface area is 186 Å². The van der Waals surface area contributed by atoms with Gasteiger partial charge in [-0.05, 0) is 73.8 Å². The number of ether oxygens (including phenoxy) is 1. The number of likely N-dealkylation sites (tertiary alicyclic amines) is 1. The molecule has 0 atom stereocenters. The van der Waals surface area contributed by atoms with E-state index in [1.165, 1.54) is 11.6 Å². The molecule has 32 heavy (non-hydrogen) atoms. The maximum Gasteiger partial charge on any atom is 0.305 e. The van der Waals surface area contributed by atoms with E-state index >= 15 is 0 Å². The fraction of sp³-hybridized carbons (Fsp3) is 0.375. The van der Waals surface area contributed by atoms with Gasteiger partial charge < -0.3 is 15.0 Å². The molecule has 8 heteroatoms. The van der Waals surface area contributed by atoms with Gasteiger partial charge in [-0.15, -0.1) is 0 Å². The van der Waals surface area contributed by atoms with Crippen molar-refractivity contribution in [1.82, 2.24) is 15.2 Å². The first kappa shape index (κ1) is 22.1. The summed E-state index contributed by atoms with van der Waals surface area (Å²) in [7, 11) is 1.67. The lowest BCUT2D eigenvalue weighted by molar-refractivity contribution is -0.387. The molecule has 1 saturated heterocycles. The van der Waals surface area contributed by atoms with E-state index in [0.29, 0.717) is 12.6 Å². The molecule has 4 rings (SSSR count). The number of hydrogen-bond acceptors (Lipinski definition) is 6. The van der Waals surface area contributed by atoms with Crippen LogP contribution in [0, 0.1) is 15.9 Å². The summed E-state index contributed by atoms with van der Waals surface area (Å²) in [5, 5.41) is 15.5. The molecule has 0 radical (unpaired) electrons. The molecule has 1 aromatic heterocycles. The van der Waals surface area contributed by atoms with E-state index in [1.54, 1.807) is 13.2 Å². The highest BCUT2D eigenvalue weighted by atomic mass is 19.1. The quantitative estimate of drug-likeness (QED) is 0.422. The summed E-state index contributed by atoms with van der Waals surface area (Å²) in [6, 6.07) is 12.5. The third-order valence-electron chi connectivity index (χ3n) is 6.13. The van der Waals surface area contributed by atoms with Gasteiger partial charge in [0.2, 0.25) is 5.82 Å². The fourth-order valence-corrected chi connectivity index (χ4v) is 4.24. The summed E-state index contributed by atoms with van der Waals surface area (Å²) in [4.78, 5) is 17.2. The Hall–Kier alpha value is -3.10. The molecule has 3 aromatic rings. The standard InChI is InChI=1S/C24H27FN4O3/c1-32-20-3-5-23-21(15-20)18(6-10-26-23)7-11-28-12-8-19(9-13-28)27-16-17-2-4-22(25)24(14-17)29(30)31/h2-6,10,14-15,19,27H,7-9,11-13,16H2,1H3. The summed E-state index contributed by atoms with van der Waals surface area (Å²) in [5.41, 5.74) is 2.50. The van der Waals surface area contributed by atoms with Crippen LogP contribution in [0.3, 0.4) is 0 Å². The summed E-state index contributed by atoms with van der Waals surface area (Å²) in [5.74, 6) is 0.0394. The van der Waals surface area contributed by atoms with Gasteiger partial charge in [0.05, 0.1) is 17.5 Å². The molecule has 2 aromatic carbocycles. The van der Waals surface area contributed by atoms with Gasteiger partial charge in [-0.25, -0.2) is 0 Å². The number of nitrogens with one attached hydrogen (secondary N) is 1. The number of rotatable bonds is 8. The number of piperidine rings is 1. The molecule has 1 aliphatic rings. The zero-order chi connectivity index (χ0) is 22.5. The van der Waals surface area contributed by atoms with Crippen molar-refractivity contribution in [1.29, 1.82) is 0 Å². The van der Waals surface area contributed by atoms with Crippen molar-refractivity contribution < 1.29 is 14.1 Å². The van der Waals surface area contributed by atoms with E-state index < -0.39 is 16.4 Å². The molecule has 0 saturated carbocycles. The number of fused-ring (bicyclic) bond motifs is 1. The summed E-state index contributed by atoms with van der Waals surface area (Å²) in [6.07, 6.45) is 4.83. The number of nitro groups is 1. The van der Waals surface area contributed by atoms with Gasteiger partial charge in [0.15, 0.2) is 0 Å². The third-order valence-corrected chi connectivity index (χ3v) is 6.13. The number of aromatic nitrogens is 1. The highest BCUT2D eigenvalue weighted by Crippen LogP contribution is 2.23. The van der Waals surface area contributed by atoms with Crippen molar-refractivity contribution in [2.75, 3.05) is 26.7 Å². The molecular weight excluding hydrogens is 411 g/mol. The first-order valence-corrected chi connectivity index (χ1v) is 10.8. The van der Waals surface area contributed by atoms with Gasteiger partial charge in [-0.3, -0.25) is 15.1 Å². The Morgan fingerprint density at radius 1 is 1.22 bits per heavy atom. The number of nitro benzene ring substituents is 1. The molecule has 0 amide bonds. The second-order valence-corrected chi connectivity index (χ2v) is 8.14. The normalized spacial score (nSPS) is 15.2. The molecule has 2 heterocycles. The van der Waals surface area contributed by atoms with Gasteiger partial charge in [-0.1, -0.05) is 6.07 Å². The van der Waals surface area contributed by atoms with Gasteiger partial charge in [0, 0.05) is 36.8 Å². The minimum atomic E-state index is -0.799. The van der Waals surface area contributed by atoms with Crippen LogP contribution in [0.4, 0.5) is 10.1 Å². The molecular formula is C24H27FN4O3. The van der Waals surface area contributed by atoms with Crippen LogP contribution in [-0.4, -0.2) is 47.6 Å². The van der Waals surface area contributed by atoms with E-state index in [9.17, 15) is 14.5 Å². The van der Waals surface area contributed by atoms with E-state index in [2.05, 4.69) is 21.3 Å². The van der Waals surface area contributed by atoms with E-state index in [-0.39, 0.29) is 0 Å². The number of benzene rings is 2. The minimum Gasteiger partial charge on any atom is -0.497 e. The predicted molar refractivity (Wildman–Crippen MR) is 121 cm³/mol. The number of halogens is 1. The zero-order valence-corrected chi connectivity index (χ0v) is 18.1. The average molecular weight is 439 g/mol. The Kier molecular flexibility index (Phi) is 6.92. The first-order valence-electron chi connectivity index (χ1n) is 10.8. The van der Waals surface area contributed by atoms with Gasteiger partial charge in [-0.2, -0.15) is 4.39 Å². The van der Waals surface area contributed by atoms with Crippen LogP contribution >= 0.6 is 0 Å². The van der Waals surface area contributed by atoms with Gasteiger partial charge in [0.1, 0.15) is 5.75 Å². The Morgan fingerprint density at radius 2 is 2.03 bits per heavy atom. The summed E-state index contributed by atoms with van der Waals surface area (Å²) in [6.45, 7) is 3.46. The van der Waals surface area contributed by atoms with Crippen molar-refractivity contribution in [3.05, 3.63) is 75.7 Å². The van der Waals surface area contributed by atoms with Crippen LogP contribution in [0.1, 0.15) is 24.0 Å². The fourth-order valence-electron chi connectivity index (χ4n) is 4.24. The lowest BCUT2D eigenvalue weighted by Gasteiger charge is -2.32. The van der Waals surface area contributed by atoms with Crippen LogP contribution in [0.25, 0.3) is 10.9 Å². The summed E-state index contributed by atoms with van der Waals surface area (Å²) < 4.78 is 18.9. The monoisotopic (exact) mass is 438 g/mol. The second kappa shape index (κ2) is 10.0. The van der Waals surface area contributed by atoms with E-state index in [1.807, 2.05) is 24.4 Å². The predicted octanol–water partition coefficient (Wildman–Crippen LogP) is 4.09. The molecule has 1 N–H and O–H groups in total. The van der Waals surface area contributed by atoms with Crippen LogP contribution in [0.2, 0.25) is 0 Å². The van der Waals surface area contributed by atoms with Crippen molar-refractivity contribution in [2.24, 2.45) is 0 Å². The highest BCUT2D eigenvalue weighted by molar-refractivity contribution is 5.83. The number of methoxy groups -OCH3 is 1. The van der Waals surface area contributed by atoms with Crippen molar-refractivity contribution in [2.45, 2.75) is 31.8 Å². The SMILES string of the molecule is COc1ccc2nccc(CCN3CCC(NCc4ccc(F)c([N+](=O)[O-])c4)CC3)c2c1. The zero-order valence-electron chi connectivity index (χ0n) is 18.1. The van der Waals surface area contributed by atoms with Crippen molar-refractivity contribution in [3.8, 4) is 5.75 Å². The van der Waals surface area contributed by atoms with Gasteiger partial charge >= 0.3 is 5.69 Å². The molecule has 1 aliphatic heterocycles. The van der Waals surface area contributed by atoms with Crippen molar-refractivity contribution >= 4 is 16.6 Å². The Bertz CT molecular complexity index is 1100. The molecule has 0 spiro atoms. The minimum absolute atomic E-state index is 0.348. The smallest absolute Gasteiger partial charge is 0.305 e. The maximum atomic E-state index is 13.5. The Morgan fingerprint density at radius 3 is 2.78 bits per heavy atom. The number of hydrogen-bond donors (Lipinski definition) is 1. The van der Waals surface area contributed by atoms with Crippen LogP contribution in [0.5, 0.6) is 5.75 Å². The molecule has 0 bridgehead atoms. The molecule has 168 valence electrons. The van der Waals surface area contributed by atoms with Crippen LogP contribution < -0.4 is 10.1 Å². The van der Waals surface area contributed by atoms with E-state index in [4.69, 9.17) is 4.74 Å². The van der Waals surface area contributed by atoms with Crippen LogP contribution in [-0.2, 0) is 13.0 Å². The topological polar surface area (TPSA) is 80.5 Å². The number of pyridine rings is 1. The molecule has 0 aliphatic carbocycles. The largest absolute Gasteiger partial charge is 0.497 e. The molecule has 0 unspecified atom stereocenters. The summed E-state index contributed by atoms with van der Waals surface area (Å²) >= 11 is 0.